The number of anilines is 1. The van der Waals surface area contributed by atoms with Gasteiger partial charge in [-0.3, -0.25) is 4.79 Å². The minimum absolute atomic E-state index is 0.128. The molecule has 0 aromatic heterocycles. The van der Waals surface area contributed by atoms with E-state index in [9.17, 15) is 4.79 Å². The fourth-order valence-corrected chi connectivity index (χ4v) is 4.17. The zero-order chi connectivity index (χ0) is 23.4. The SMILES string of the molecule is [B]c1c(OC)cc(C2=CCC(C(=O)C(OC)c3ccc(N4CCOCC4)cc3)O2)cc1OC. The Bertz CT molecular complexity index is 991. The largest absolute Gasteiger partial charge is 0.497 e. The van der Waals surface area contributed by atoms with E-state index in [1.807, 2.05) is 30.3 Å². The summed E-state index contributed by atoms with van der Waals surface area (Å²) < 4.78 is 27.7. The molecule has 8 heteroatoms. The Hall–Kier alpha value is -2.97. The summed E-state index contributed by atoms with van der Waals surface area (Å²) in [6, 6.07) is 11.5. The number of Topliss-reactive ketones (excluding diaryl/α,β-unsaturated/α-hetero) is 1. The van der Waals surface area contributed by atoms with Crippen LogP contribution in [0.4, 0.5) is 5.69 Å². The topological polar surface area (TPSA) is 66.5 Å². The monoisotopic (exact) mass is 449 g/mol. The van der Waals surface area contributed by atoms with Gasteiger partial charge in [0.1, 0.15) is 31.2 Å². The van der Waals surface area contributed by atoms with Gasteiger partial charge < -0.3 is 28.6 Å². The third-order valence-corrected chi connectivity index (χ3v) is 6.00. The number of benzene rings is 2. The normalized spacial score (nSPS) is 18.9. The van der Waals surface area contributed by atoms with Crippen molar-refractivity contribution in [3.63, 3.8) is 0 Å². The number of hydrogen-bond donors (Lipinski definition) is 0. The molecule has 0 bridgehead atoms. The fraction of sp³-hybridized carbons (Fsp3) is 0.400. The van der Waals surface area contributed by atoms with E-state index in [1.165, 1.54) is 7.11 Å². The van der Waals surface area contributed by atoms with Gasteiger partial charge in [0.2, 0.25) is 5.78 Å². The maximum absolute atomic E-state index is 13.3. The van der Waals surface area contributed by atoms with Crippen LogP contribution in [0.1, 0.15) is 23.7 Å². The van der Waals surface area contributed by atoms with Crippen LogP contribution in [0.3, 0.4) is 0 Å². The van der Waals surface area contributed by atoms with Crippen LogP contribution in [-0.4, -0.2) is 67.4 Å². The lowest BCUT2D eigenvalue weighted by molar-refractivity contribution is -0.136. The minimum atomic E-state index is -0.711. The Morgan fingerprint density at radius 3 is 2.27 bits per heavy atom. The Kier molecular flexibility index (Phi) is 7.25. The lowest BCUT2D eigenvalue weighted by Gasteiger charge is -2.29. The Labute approximate surface area is 195 Å². The summed E-state index contributed by atoms with van der Waals surface area (Å²) in [4.78, 5) is 15.5. The molecule has 2 aromatic carbocycles. The van der Waals surface area contributed by atoms with Gasteiger partial charge in [-0.25, -0.2) is 0 Å². The van der Waals surface area contributed by atoms with Crippen LogP contribution in [0.5, 0.6) is 11.5 Å². The highest BCUT2D eigenvalue weighted by atomic mass is 16.5. The first-order valence-electron chi connectivity index (χ1n) is 10.9. The summed E-state index contributed by atoms with van der Waals surface area (Å²) in [6.45, 7) is 3.16. The van der Waals surface area contributed by atoms with Crippen LogP contribution in [0, 0.1) is 0 Å². The second kappa shape index (κ2) is 10.3. The van der Waals surface area contributed by atoms with Crippen LogP contribution < -0.4 is 19.8 Å². The van der Waals surface area contributed by atoms with Crippen molar-refractivity contribution >= 4 is 30.5 Å². The van der Waals surface area contributed by atoms with E-state index in [0.717, 1.165) is 43.1 Å². The zero-order valence-electron chi connectivity index (χ0n) is 19.2. The van der Waals surface area contributed by atoms with Crippen molar-refractivity contribution < 1.29 is 28.5 Å². The molecule has 33 heavy (non-hydrogen) atoms. The number of nitrogens with zero attached hydrogens (tertiary/aromatic N) is 1. The molecule has 0 amide bonds. The van der Waals surface area contributed by atoms with E-state index in [4.69, 9.17) is 31.5 Å². The molecule has 0 aliphatic carbocycles. The van der Waals surface area contributed by atoms with Gasteiger partial charge >= 0.3 is 0 Å². The standard InChI is InChI=1S/C25H28BNO6/c1-29-21-14-17(15-22(30-2)23(21)26)19-8-9-20(33-19)24(28)25(31-3)16-4-6-18(7-5-16)27-10-12-32-13-11-27/h4-8,14-15,20,25H,9-13H2,1-3H3. The lowest BCUT2D eigenvalue weighted by atomic mass is 9.92. The summed E-state index contributed by atoms with van der Waals surface area (Å²) in [5, 5.41) is 0. The van der Waals surface area contributed by atoms with Gasteiger partial charge in [0, 0.05) is 37.9 Å². The molecule has 0 N–H and O–H groups in total. The van der Waals surface area contributed by atoms with Gasteiger partial charge in [-0.15, -0.1) is 0 Å². The Morgan fingerprint density at radius 1 is 1.06 bits per heavy atom. The summed E-state index contributed by atoms with van der Waals surface area (Å²) in [5.41, 5.74) is 3.05. The van der Waals surface area contributed by atoms with Gasteiger partial charge in [-0.2, -0.15) is 0 Å². The van der Waals surface area contributed by atoms with E-state index in [0.29, 0.717) is 29.1 Å². The fourth-order valence-electron chi connectivity index (χ4n) is 4.17. The van der Waals surface area contributed by atoms with E-state index in [-0.39, 0.29) is 5.78 Å². The van der Waals surface area contributed by atoms with Crippen molar-refractivity contribution in [1.29, 1.82) is 0 Å². The number of methoxy groups -OCH3 is 3. The first-order chi connectivity index (χ1) is 16.0. The van der Waals surface area contributed by atoms with Gasteiger partial charge in [0.05, 0.1) is 27.4 Å². The van der Waals surface area contributed by atoms with Crippen molar-refractivity contribution in [3.05, 3.63) is 53.6 Å². The molecule has 4 rings (SSSR count). The third kappa shape index (κ3) is 4.87. The van der Waals surface area contributed by atoms with Crippen LogP contribution >= 0.6 is 0 Å². The predicted molar refractivity (Wildman–Crippen MR) is 127 cm³/mol. The molecular formula is C25H28BNO6. The van der Waals surface area contributed by atoms with Crippen LogP contribution in [-0.2, 0) is 19.0 Å². The third-order valence-electron chi connectivity index (χ3n) is 6.00. The summed E-state index contributed by atoms with van der Waals surface area (Å²) in [5.74, 6) is 1.43. The highest BCUT2D eigenvalue weighted by Gasteiger charge is 2.33. The van der Waals surface area contributed by atoms with Crippen molar-refractivity contribution in [2.75, 3.05) is 52.5 Å². The first kappa shape index (κ1) is 23.2. The van der Waals surface area contributed by atoms with E-state index in [1.54, 1.807) is 26.4 Å². The number of rotatable bonds is 8. The quantitative estimate of drug-likeness (QED) is 0.574. The van der Waals surface area contributed by atoms with Crippen LogP contribution in [0.2, 0.25) is 0 Å². The number of carbonyl (C=O) groups is 1. The number of morpholine rings is 1. The van der Waals surface area contributed by atoms with E-state index in [2.05, 4.69) is 4.90 Å². The van der Waals surface area contributed by atoms with Crippen molar-refractivity contribution in [3.8, 4) is 11.5 Å². The van der Waals surface area contributed by atoms with Gasteiger partial charge in [0.25, 0.3) is 0 Å². The van der Waals surface area contributed by atoms with E-state index < -0.39 is 12.2 Å². The average Bonchev–Trinajstić information content (AvgIpc) is 3.36. The summed E-state index contributed by atoms with van der Waals surface area (Å²) in [6.07, 6.45) is 0.992. The molecule has 0 saturated carbocycles. The first-order valence-corrected chi connectivity index (χ1v) is 10.9. The van der Waals surface area contributed by atoms with Crippen molar-refractivity contribution in [2.45, 2.75) is 18.6 Å². The molecule has 2 aliphatic heterocycles. The van der Waals surface area contributed by atoms with Crippen LogP contribution in [0.15, 0.2) is 42.5 Å². The number of ether oxygens (including phenoxy) is 5. The Balaban J connectivity index is 1.46. The molecule has 2 aliphatic rings. The molecule has 1 saturated heterocycles. The smallest absolute Gasteiger partial charge is 0.206 e. The average molecular weight is 449 g/mol. The molecule has 7 nitrogen and oxygen atoms in total. The highest BCUT2D eigenvalue weighted by Crippen LogP contribution is 2.33. The zero-order valence-corrected chi connectivity index (χ0v) is 19.2. The molecule has 2 heterocycles. The molecule has 2 unspecified atom stereocenters. The second-order valence-corrected chi connectivity index (χ2v) is 7.91. The maximum atomic E-state index is 13.3. The Morgan fingerprint density at radius 2 is 1.70 bits per heavy atom. The second-order valence-electron chi connectivity index (χ2n) is 7.91. The number of hydrogen-bond acceptors (Lipinski definition) is 7. The van der Waals surface area contributed by atoms with Gasteiger partial charge in [-0.1, -0.05) is 12.1 Å². The molecule has 1 fully saturated rings. The van der Waals surface area contributed by atoms with Gasteiger partial charge in [0.15, 0.2) is 6.10 Å². The maximum Gasteiger partial charge on any atom is 0.206 e. The lowest BCUT2D eigenvalue weighted by Crippen LogP contribution is -2.36. The van der Waals surface area contributed by atoms with Crippen molar-refractivity contribution in [1.82, 2.24) is 0 Å². The molecule has 0 spiro atoms. The number of carbonyl (C=O) groups excluding carboxylic acids is 1. The minimum Gasteiger partial charge on any atom is -0.497 e. The summed E-state index contributed by atoms with van der Waals surface area (Å²) >= 11 is 0. The van der Waals surface area contributed by atoms with Crippen LogP contribution in [0.25, 0.3) is 5.76 Å². The van der Waals surface area contributed by atoms with Crippen molar-refractivity contribution in [2.24, 2.45) is 0 Å². The molecule has 172 valence electrons. The summed E-state index contributed by atoms with van der Waals surface area (Å²) in [7, 11) is 10.7. The molecule has 2 aromatic rings. The predicted octanol–water partition coefficient (Wildman–Crippen LogP) is 2.42. The molecule has 2 radical (unpaired) electrons. The van der Waals surface area contributed by atoms with Gasteiger partial charge in [-0.05, 0) is 41.4 Å². The molecular weight excluding hydrogens is 421 g/mol. The number of ketones is 1. The highest BCUT2D eigenvalue weighted by molar-refractivity contribution is 6.36. The molecule has 2 atom stereocenters. The van der Waals surface area contributed by atoms with E-state index >= 15 is 0 Å².